The number of hydrogen-bond acceptors (Lipinski definition) is 4. The van der Waals surface area contributed by atoms with Gasteiger partial charge in [-0.15, -0.1) is 12.4 Å². The largest absolute Gasteiger partial charge is 0.335 e. The van der Waals surface area contributed by atoms with Crippen molar-refractivity contribution in [1.82, 2.24) is 14.8 Å². The summed E-state index contributed by atoms with van der Waals surface area (Å²) in [5.41, 5.74) is 2.87. The predicted octanol–water partition coefficient (Wildman–Crippen LogP) is 4.27. The van der Waals surface area contributed by atoms with Gasteiger partial charge in [-0.05, 0) is 48.0 Å². The minimum atomic E-state index is -0.0826. The molecule has 1 aromatic heterocycles. The normalized spacial score (nSPS) is 14.9. The summed E-state index contributed by atoms with van der Waals surface area (Å²) in [7, 11) is 3.71. The van der Waals surface area contributed by atoms with Crippen molar-refractivity contribution in [2.45, 2.75) is 19.5 Å². The van der Waals surface area contributed by atoms with Gasteiger partial charge in [0.1, 0.15) is 5.82 Å². The maximum absolute atomic E-state index is 12.9. The van der Waals surface area contributed by atoms with E-state index in [4.69, 9.17) is 0 Å². The van der Waals surface area contributed by atoms with Gasteiger partial charge in [-0.1, -0.05) is 42.5 Å². The Morgan fingerprint density at radius 1 is 1.19 bits per heavy atom. The number of halogens is 1. The molecule has 0 saturated carbocycles. The maximum Gasteiger partial charge on any atom is 0.246 e. The van der Waals surface area contributed by atoms with Gasteiger partial charge >= 0.3 is 0 Å². The standard InChI is InChI=1S/C25H26N4O2.ClH/c1-17(21-10-6-8-19-7-4-5-9-22(19)21)29(3)24(31)12-11-18-13-20-15-28(2)16-23(30)27-25(20)26-14-18;/h4-14,17H,15-16H2,1-3H3,(H,26,27,30);1H/b12-11+;/t17-;/m1./s1. The molecule has 0 fully saturated rings. The predicted molar refractivity (Wildman–Crippen MR) is 131 cm³/mol. The zero-order valence-corrected chi connectivity index (χ0v) is 19.2. The van der Waals surface area contributed by atoms with E-state index in [1.807, 2.05) is 50.2 Å². The van der Waals surface area contributed by atoms with Crippen molar-refractivity contribution in [2.24, 2.45) is 0 Å². The molecule has 0 unspecified atom stereocenters. The summed E-state index contributed by atoms with van der Waals surface area (Å²) in [4.78, 5) is 32.7. The first-order valence-corrected chi connectivity index (χ1v) is 10.3. The van der Waals surface area contributed by atoms with E-state index in [9.17, 15) is 9.59 Å². The van der Waals surface area contributed by atoms with E-state index >= 15 is 0 Å². The van der Waals surface area contributed by atoms with E-state index in [2.05, 4.69) is 34.6 Å². The molecule has 0 radical (unpaired) electrons. The molecular weight excluding hydrogens is 424 g/mol. The Kier molecular flexibility index (Phi) is 7.28. The van der Waals surface area contributed by atoms with Gasteiger partial charge in [0, 0.05) is 31.4 Å². The zero-order chi connectivity index (χ0) is 22.0. The van der Waals surface area contributed by atoms with Crippen LogP contribution < -0.4 is 5.32 Å². The highest BCUT2D eigenvalue weighted by atomic mass is 35.5. The van der Waals surface area contributed by atoms with Gasteiger partial charge in [0.15, 0.2) is 0 Å². The number of carbonyl (C=O) groups is 2. The number of fused-ring (bicyclic) bond motifs is 2. The third-order valence-corrected chi connectivity index (χ3v) is 5.72. The van der Waals surface area contributed by atoms with Crippen LogP contribution in [-0.4, -0.2) is 47.2 Å². The van der Waals surface area contributed by atoms with E-state index < -0.39 is 0 Å². The van der Waals surface area contributed by atoms with E-state index in [0.717, 1.165) is 27.5 Å². The average Bonchev–Trinajstić information content (AvgIpc) is 2.91. The lowest BCUT2D eigenvalue weighted by molar-refractivity contribution is -0.126. The number of nitrogens with one attached hydrogen (secondary N) is 1. The summed E-state index contributed by atoms with van der Waals surface area (Å²) >= 11 is 0. The fraction of sp³-hybridized carbons (Fsp3) is 0.240. The molecule has 0 spiro atoms. The molecule has 3 aromatic rings. The lowest BCUT2D eigenvalue weighted by atomic mass is 9.99. The van der Waals surface area contributed by atoms with Crippen molar-refractivity contribution in [3.8, 4) is 0 Å². The maximum atomic E-state index is 12.9. The van der Waals surface area contributed by atoms with Crippen LogP contribution in [-0.2, 0) is 16.1 Å². The molecule has 1 aliphatic heterocycles. The SMILES string of the molecule is C[C@H](c1cccc2ccccc12)N(C)C(=O)/C=C/c1cnc2c(c1)CN(C)CC(=O)N2.Cl. The van der Waals surface area contributed by atoms with Crippen LogP contribution in [0.4, 0.5) is 5.82 Å². The summed E-state index contributed by atoms with van der Waals surface area (Å²) < 4.78 is 0. The van der Waals surface area contributed by atoms with Gasteiger partial charge in [-0.2, -0.15) is 0 Å². The first-order chi connectivity index (χ1) is 14.9. The number of rotatable bonds is 4. The molecule has 1 atom stereocenters. The highest BCUT2D eigenvalue weighted by molar-refractivity contribution is 5.94. The molecule has 6 nitrogen and oxygen atoms in total. The molecular formula is C25H27ClN4O2. The molecule has 2 aromatic carbocycles. The first-order valence-electron chi connectivity index (χ1n) is 10.3. The monoisotopic (exact) mass is 450 g/mol. The Labute approximate surface area is 194 Å². The van der Waals surface area contributed by atoms with Gasteiger partial charge in [0.25, 0.3) is 0 Å². The van der Waals surface area contributed by atoms with Crippen LogP contribution in [0.15, 0.2) is 60.8 Å². The third-order valence-electron chi connectivity index (χ3n) is 5.72. The van der Waals surface area contributed by atoms with Crippen molar-refractivity contribution < 1.29 is 9.59 Å². The Morgan fingerprint density at radius 3 is 2.75 bits per heavy atom. The van der Waals surface area contributed by atoms with Crippen LogP contribution in [0.3, 0.4) is 0 Å². The van der Waals surface area contributed by atoms with Gasteiger partial charge < -0.3 is 10.2 Å². The number of aromatic nitrogens is 1. The minimum absolute atomic E-state index is 0. The number of pyridine rings is 1. The van der Waals surface area contributed by atoms with E-state index in [0.29, 0.717) is 18.9 Å². The summed E-state index contributed by atoms with van der Waals surface area (Å²) in [6, 6.07) is 16.3. The smallest absolute Gasteiger partial charge is 0.246 e. The number of anilines is 1. The Balaban J connectivity index is 0.00000289. The van der Waals surface area contributed by atoms with Crippen molar-refractivity contribution in [1.29, 1.82) is 0 Å². The highest BCUT2D eigenvalue weighted by Crippen LogP contribution is 2.27. The highest BCUT2D eigenvalue weighted by Gasteiger charge is 2.19. The number of nitrogens with zero attached hydrogens (tertiary/aromatic N) is 3. The van der Waals surface area contributed by atoms with Gasteiger partial charge in [-0.25, -0.2) is 4.98 Å². The van der Waals surface area contributed by atoms with Crippen LogP contribution in [0.5, 0.6) is 0 Å². The van der Waals surface area contributed by atoms with E-state index in [-0.39, 0.29) is 30.3 Å². The second-order valence-electron chi connectivity index (χ2n) is 8.02. The molecule has 1 aliphatic rings. The molecule has 7 heteroatoms. The number of carbonyl (C=O) groups excluding carboxylic acids is 2. The molecule has 1 N–H and O–H groups in total. The first kappa shape index (κ1) is 23.4. The van der Waals surface area contributed by atoms with Gasteiger partial charge in [-0.3, -0.25) is 14.5 Å². The zero-order valence-electron chi connectivity index (χ0n) is 18.4. The lowest BCUT2D eigenvalue weighted by Crippen LogP contribution is -2.28. The molecule has 2 amide bonds. The molecule has 166 valence electrons. The van der Waals surface area contributed by atoms with Crippen LogP contribution in [0.2, 0.25) is 0 Å². The van der Waals surface area contributed by atoms with Crippen LogP contribution in [0.1, 0.15) is 29.7 Å². The van der Waals surface area contributed by atoms with Crippen molar-refractivity contribution in [3.05, 3.63) is 77.5 Å². The molecule has 4 rings (SSSR count). The van der Waals surface area contributed by atoms with Crippen molar-refractivity contribution in [3.63, 3.8) is 0 Å². The Bertz CT molecular complexity index is 1170. The van der Waals surface area contributed by atoms with Gasteiger partial charge in [0.2, 0.25) is 11.8 Å². The average molecular weight is 451 g/mol. The Morgan fingerprint density at radius 2 is 1.94 bits per heavy atom. The van der Waals surface area contributed by atoms with Crippen LogP contribution >= 0.6 is 12.4 Å². The molecule has 32 heavy (non-hydrogen) atoms. The topological polar surface area (TPSA) is 65.5 Å². The summed E-state index contributed by atoms with van der Waals surface area (Å²) in [6.45, 7) is 2.99. The summed E-state index contributed by atoms with van der Waals surface area (Å²) in [5, 5.41) is 5.14. The Hall–Kier alpha value is -3.22. The number of hydrogen-bond donors (Lipinski definition) is 1. The van der Waals surface area contributed by atoms with E-state index in [1.165, 1.54) is 0 Å². The van der Waals surface area contributed by atoms with Crippen LogP contribution in [0.25, 0.3) is 16.8 Å². The second kappa shape index (κ2) is 9.94. The number of benzene rings is 2. The number of likely N-dealkylation sites (N-methyl/N-ethyl adjacent to an activating group) is 2. The second-order valence-corrected chi connectivity index (χ2v) is 8.02. The van der Waals surface area contributed by atoms with Crippen molar-refractivity contribution in [2.75, 3.05) is 26.0 Å². The quantitative estimate of drug-likeness (QED) is 0.603. The fourth-order valence-electron chi connectivity index (χ4n) is 3.92. The third kappa shape index (κ3) is 4.98. The fourth-order valence-corrected chi connectivity index (χ4v) is 3.92. The van der Waals surface area contributed by atoms with Crippen molar-refractivity contribution >= 4 is 46.9 Å². The van der Waals surface area contributed by atoms with E-state index in [1.54, 1.807) is 23.2 Å². The minimum Gasteiger partial charge on any atom is -0.335 e. The van der Waals surface area contributed by atoms with Gasteiger partial charge in [0.05, 0.1) is 12.6 Å². The summed E-state index contributed by atoms with van der Waals surface area (Å²) in [5.74, 6) is 0.427. The molecule has 2 heterocycles. The summed E-state index contributed by atoms with van der Waals surface area (Å²) in [6.07, 6.45) is 5.01. The molecule has 0 bridgehead atoms. The van der Waals surface area contributed by atoms with Crippen LogP contribution in [0, 0.1) is 0 Å². The lowest BCUT2D eigenvalue weighted by Gasteiger charge is -2.25. The molecule has 0 saturated heterocycles. The number of amides is 2. The molecule has 0 aliphatic carbocycles.